The normalized spacial score (nSPS) is 20.7. The van der Waals surface area contributed by atoms with Crippen LogP contribution in [0.5, 0.6) is 0 Å². The quantitative estimate of drug-likeness (QED) is 0.710. The molecule has 7 heteroatoms. The van der Waals surface area contributed by atoms with E-state index in [-0.39, 0.29) is 12.1 Å². The molecule has 1 aliphatic rings. The van der Waals surface area contributed by atoms with E-state index in [0.717, 1.165) is 12.5 Å². The van der Waals surface area contributed by atoms with Crippen LogP contribution in [0.1, 0.15) is 43.2 Å². The molecule has 0 radical (unpaired) electrons. The van der Waals surface area contributed by atoms with Gasteiger partial charge in [0.1, 0.15) is 5.69 Å². The molecule has 1 saturated heterocycles. The number of benzene rings is 1. The number of aromatic nitrogens is 1. The minimum absolute atomic E-state index is 0.221. The summed E-state index contributed by atoms with van der Waals surface area (Å²) in [5, 5.41) is 0.537. The van der Waals surface area contributed by atoms with E-state index < -0.39 is 17.8 Å². The number of ether oxygens (including phenoxy) is 1. The Morgan fingerprint density at radius 3 is 2.48 bits per heavy atom. The average Bonchev–Trinajstić information content (AvgIpc) is 2.58. The molecular formula is C20H23F3N2O2. The lowest BCUT2D eigenvalue weighted by Gasteiger charge is -2.37. The van der Waals surface area contributed by atoms with E-state index in [1.54, 1.807) is 13.0 Å². The largest absolute Gasteiger partial charge is 0.462 e. The van der Waals surface area contributed by atoms with Gasteiger partial charge in [0.15, 0.2) is 0 Å². The molecule has 0 aliphatic carbocycles. The number of fused-ring (bicyclic) bond motifs is 1. The first-order valence-corrected chi connectivity index (χ1v) is 9.13. The van der Waals surface area contributed by atoms with Gasteiger partial charge in [-0.05, 0) is 49.4 Å². The van der Waals surface area contributed by atoms with Crippen LogP contribution >= 0.6 is 0 Å². The number of alkyl halides is 3. The van der Waals surface area contributed by atoms with Crippen molar-refractivity contribution in [3.63, 3.8) is 0 Å². The topological polar surface area (TPSA) is 42.4 Å². The van der Waals surface area contributed by atoms with Crippen LogP contribution in [-0.4, -0.2) is 30.6 Å². The molecule has 0 amide bonds. The van der Waals surface area contributed by atoms with Crippen molar-refractivity contribution in [2.24, 2.45) is 11.8 Å². The van der Waals surface area contributed by atoms with Crippen molar-refractivity contribution < 1.29 is 22.7 Å². The molecule has 1 fully saturated rings. The Balaban J connectivity index is 2.16. The molecule has 2 aromatic rings. The summed E-state index contributed by atoms with van der Waals surface area (Å²) in [6, 6.07) is 5.59. The Hall–Kier alpha value is -2.31. The van der Waals surface area contributed by atoms with Crippen LogP contribution in [0.15, 0.2) is 24.3 Å². The van der Waals surface area contributed by atoms with Crippen molar-refractivity contribution in [1.82, 2.24) is 4.98 Å². The first-order chi connectivity index (χ1) is 12.7. The maximum atomic E-state index is 13.4. The number of piperidine rings is 1. The van der Waals surface area contributed by atoms with E-state index in [4.69, 9.17) is 4.74 Å². The lowest BCUT2D eigenvalue weighted by Crippen LogP contribution is -2.39. The molecule has 2 atom stereocenters. The van der Waals surface area contributed by atoms with Crippen molar-refractivity contribution in [2.45, 2.75) is 33.4 Å². The monoisotopic (exact) mass is 380 g/mol. The second-order valence-electron chi connectivity index (χ2n) is 7.33. The van der Waals surface area contributed by atoms with E-state index in [9.17, 15) is 18.0 Å². The highest BCUT2D eigenvalue weighted by Crippen LogP contribution is 2.37. The molecule has 1 aliphatic heterocycles. The number of halogens is 3. The molecular weight excluding hydrogens is 357 g/mol. The van der Waals surface area contributed by atoms with Gasteiger partial charge in [-0.3, -0.25) is 0 Å². The van der Waals surface area contributed by atoms with Gasteiger partial charge < -0.3 is 9.64 Å². The molecule has 146 valence electrons. The summed E-state index contributed by atoms with van der Waals surface area (Å²) >= 11 is 0. The van der Waals surface area contributed by atoms with Gasteiger partial charge in [0.05, 0.1) is 17.7 Å². The third-order valence-electron chi connectivity index (χ3n) is 4.80. The summed E-state index contributed by atoms with van der Waals surface area (Å²) in [6.07, 6.45) is -3.49. The molecule has 3 rings (SSSR count). The number of carbonyl (C=O) groups is 1. The number of esters is 1. The highest BCUT2D eigenvalue weighted by molar-refractivity contribution is 5.99. The van der Waals surface area contributed by atoms with Crippen LogP contribution in [-0.2, 0) is 10.9 Å². The van der Waals surface area contributed by atoms with Crippen LogP contribution in [0.2, 0.25) is 0 Å². The zero-order valence-electron chi connectivity index (χ0n) is 15.6. The molecule has 0 bridgehead atoms. The van der Waals surface area contributed by atoms with Crippen molar-refractivity contribution in [1.29, 1.82) is 0 Å². The van der Waals surface area contributed by atoms with E-state index in [1.165, 1.54) is 12.1 Å². The van der Waals surface area contributed by atoms with Crippen molar-refractivity contribution >= 4 is 22.6 Å². The number of hydrogen-bond acceptors (Lipinski definition) is 4. The molecule has 1 aromatic heterocycles. The van der Waals surface area contributed by atoms with Crippen LogP contribution in [0.3, 0.4) is 0 Å². The maximum Gasteiger partial charge on any atom is 0.433 e. The molecule has 27 heavy (non-hydrogen) atoms. The first-order valence-electron chi connectivity index (χ1n) is 9.13. The highest BCUT2D eigenvalue weighted by Gasteiger charge is 2.34. The van der Waals surface area contributed by atoms with Gasteiger partial charge in [-0.1, -0.05) is 13.8 Å². The van der Waals surface area contributed by atoms with Crippen molar-refractivity contribution in [3.8, 4) is 0 Å². The molecule has 2 heterocycles. The Morgan fingerprint density at radius 1 is 1.22 bits per heavy atom. The third kappa shape index (κ3) is 4.17. The minimum atomic E-state index is -4.53. The van der Waals surface area contributed by atoms with Crippen LogP contribution in [0, 0.1) is 11.8 Å². The van der Waals surface area contributed by atoms with Gasteiger partial charge in [-0.2, -0.15) is 13.2 Å². The second kappa shape index (κ2) is 7.37. The average molecular weight is 380 g/mol. The Bertz CT molecular complexity index is 841. The van der Waals surface area contributed by atoms with Crippen LogP contribution in [0.4, 0.5) is 18.9 Å². The highest BCUT2D eigenvalue weighted by atomic mass is 19.4. The Kier molecular flexibility index (Phi) is 5.31. The van der Waals surface area contributed by atoms with Crippen molar-refractivity contribution in [2.75, 3.05) is 24.6 Å². The summed E-state index contributed by atoms with van der Waals surface area (Å²) in [5.74, 6) is 0.254. The van der Waals surface area contributed by atoms with E-state index in [0.29, 0.717) is 41.6 Å². The summed E-state index contributed by atoms with van der Waals surface area (Å²) in [7, 11) is 0. The summed E-state index contributed by atoms with van der Waals surface area (Å²) < 4.78 is 45.1. The fourth-order valence-corrected chi connectivity index (χ4v) is 3.82. The first kappa shape index (κ1) is 19.5. The summed E-state index contributed by atoms with van der Waals surface area (Å²) in [6.45, 7) is 7.48. The number of nitrogens with zero attached hydrogens (tertiary/aromatic N) is 2. The fourth-order valence-electron chi connectivity index (χ4n) is 3.82. The number of carbonyl (C=O) groups excluding carboxylic acids is 1. The lowest BCUT2D eigenvalue weighted by atomic mass is 9.91. The van der Waals surface area contributed by atoms with E-state index in [2.05, 4.69) is 18.8 Å². The second-order valence-corrected chi connectivity index (χ2v) is 7.33. The van der Waals surface area contributed by atoms with E-state index >= 15 is 0 Å². The Morgan fingerprint density at radius 2 is 1.89 bits per heavy atom. The molecule has 0 N–H and O–H groups in total. The number of rotatable bonds is 3. The molecule has 0 spiro atoms. The standard InChI is InChI=1S/C20H23F3N2O2/c1-4-27-19(26)14-5-6-16-15(8-14)17(9-18(24-16)20(21,22)23)25-10-12(2)7-13(3)11-25/h5-6,8-9,12-13H,4,7,10-11H2,1-3H3. The number of pyridine rings is 1. The SMILES string of the molecule is CCOC(=O)c1ccc2nc(C(F)(F)F)cc(N3CC(C)CC(C)C3)c2c1. The third-order valence-corrected chi connectivity index (χ3v) is 4.80. The van der Waals surface area contributed by atoms with Gasteiger partial charge in [0.25, 0.3) is 0 Å². The van der Waals surface area contributed by atoms with Gasteiger partial charge in [-0.25, -0.2) is 9.78 Å². The van der Waals surface area contributed by atoms with Crippen LogP contribution < -0.4 is 4.90 Å². The number of hydrogen-bond donors (Lipinski definition) is 0. The minimum Gasteiger partial charge on any atom is -0.462 e. The van der Waals surface area contributed by atoms with Crippen molar-refractivity contribution in [3.05, 3.63) is 35.5 Å². The van der Waals surface area contributed by atoms with Gasteiger partial charge in [0.2, 0.25) is 0 Å². The molecule has 1 aromatic carbocycles. The maximum absolute atomic E-state index is 13.4. The zero-order valence-corrected chi connectivity index (χ0v) is 15.6. The van der Waals surface area contributed by atoms with E-state index in [1.807, 2.05) is 4.90 Å². The predicted molar refractivity (Wildman–Crippen MR) is 97.9 cm³/mol. The molecule has 4 nitrogen and oxygen atoms in total. The zero-order chi connectivity index (χ0) is 19.8. The van der Waals surface area contributed by atoms with Gasteiger partial charge in [0, 0.05) is 24.2 Å². The molecule has 0 saturated carbocycles. The number of anilines is 1. The predicted octanol–water partition coefficient (Wildman–Crippen LogP) is 4.91. The van der Waals surface area contributed by atoms with Gasteiger partial charge in [-0.15, -0.1) is 0 Å². The molecule has 2 unspecified atom stereocenters. The fraction of sp³-hybridized carbons (Fsp3) is 0.500. The summed E-state index contributed by atoms with van der Waals surface area (Å²) in [4.78, 5) is 17.8. The Labute approximate surface area is 156 Å². The lowest BCUT2D eigenvalue weighted by molar-refractivity contribution is -0.140. The smallest absolute Gasteiger partial charge is 0.433 e. The summed E-state index contributed by atoms with van der Waals surface area (Å²) in [5.41, 5.74) is 0.0839. The van der Waals surface area contributed by atoms with Gasteiger partial charge >= 0.3 is 12.1 Å². The van der Waals surface area contributed by atoms with Crippen LogP contribution in [0.25, 0.3) is 10.9 Å².